The van der Waals surface area contributed by atoms with Gasteiger partial charge in [0.05, 0.1) is 6.20 Å². The van der Waals surface area contributed by atoms with Crippen molar-refractivity contribution in [2.45, 2.75) is 77.4 Å². The van der Waals surface area contributed by atoms with Gasteiger partial charge in [-0.1, -0.05) is 38.8 Å². The zero-order valence-corrected chi connectivity index (χ0v) is 23.9. The average Bonchev–Trinajstić information content (AvgIpc) is 3.33. The summed E-state index contributed by atoms with van der Waals surface area (Å²) in [4.78, 5) is 14.1. The van der Waals surface area contributed by atoms with Crippen LogP contribution in [0.15, 0.2) is 24.4 Å². The van der Waals surface area contributed by atoms with Gasteiger partial charge in [-0.25, -0.2) is 0 Å². The smallest absolute Gasteiger partial charge is 0.322 e. The summed E-state index contributed by atoms with van der Waals surface area (Å²) in [6.45, 7) is 7.78. The predicted molar refractivity (Wildman–Crippen MR) is 155 cm³/mol. The maximum absolute atomic E-state index is 6.30. The first kappa shape index (κ1) is 28.1. The van der Waals surface area contributed by atoms with Crippen LogP contribution in [-0.4, -0.2) is 71.4 Å². The highest BCUT2D eigenvalue weighted by atomic mass is 16.5. The number of likely N-dealkylation sites (tertiary alicyclic amines) is 1. The van der Waals surface area contributed by atoms with Crippen molar-refractivity contribution in [2.75, 3.05) is 51.0 Å². The molecule has 0 atom stereocenters. The Morgan fingerprint density at radius 2 is 1.87 bits per heavy atom. The number of hydrogen-bond acceptors (Lipinski definition) is 8. The second-order valence-corrected chi connectivity index (χ2v) is 11.1. The predicted octanol–water partition coefficient (Wildman–Crippen LogP) is 4.46. The van der Waals surface area contributed by atoms with Gasteiger partial charge in [-0.05, 0) is 68.8 Å². The Morgan fingerprint density at radius 1 is 1.11 bits per heavy atom. The third-order valence-electron chi connectivity index (χ3n) is 7.42. The van der Waals surface area contributed by atoms with Crippen molar-refractivity contribution in [1.82, 2.24) is 24.5 Å². The van der Waals surface area contributed by atoms with Crippen LogP contribution >= 0.6 is 0 Å². The van der Waals surface area contributed by atoms with Crippen molar-refractivity contribution < 1.29 is 4.74 Å². The first-order valence-corrected chi connectivity index (χ1v) is 14.2. The van der Waals surface area contributed by atoms with Crippen LogP contribution in [0.5, 0.6) is 6.01 Å². The number of nitrogens with zero attached hydrogens (tertiary/aromatic N) is 6. The van der Waals surface area contributed by atoms with E-state index >= 15 is 0 Å². The molecule has 208 valence electrons. The molecule has 0 amide bonds. The lowest BCUT2D eigenvalue weighted by Gasteiger charge is -2.28. The van der Waals surface area contributed by atoms with Crippen LogP contribution in [0.4, 0.5) is 11.6 Å². The zero-order chi connectivity index (χ0) is 27.1. The van der Waals surface area contributed by atoms with Gasteiger partial charge in [-0.2, -0.15) is 19.6 Å². The van der Waals surface area contributed by atoms with Crippen molar-refractivity contribution in [3.8, 4) is 6.01 Å². The minimum Gasteiger partial charge on any atom is -0.460 e. The molecule has 1 fully saturated rings. The molecular weight excluding hydrogens is 476 g/mol. The Morgan fingerprint density at radius 3 is 2.58 bits per heavy atom. The van der Waals surface area contributed by atoms with E-state index in [1.165, 1.54) is 36.1 Å². The lowest BCUT2D eigenvalue weighted by molar-refractivity contribution is 0.105. The van der Waals surface area contributed by atoms with Crippen LogP contribution in [0.2, 0.25) is 0 Å². The van der Waals surface area contributed by atoms with Crippen molar-refractivity contribution >= 4 is 17.3 Å². The molecule has 3 aromatic rings. The molecule has 3 heterocycles. The lowest BCUT2D eigenvalue weighted by Crippen LogP contribution is -2.36. The molecule has 3 N–H and O–H groups in total. The van der Waals surface area contributed by atoms with Gasteiger partial charge in [0.15, 0.2) is 5.65 Å². The van der Waals surface area contributed by atoms with Gasteiger partial charge in [0.2, 0.25) is 5.95 Å². The number of nitrogens with one attached hydrogen (secondary N) is 1. The number of anilines is 2. The largest absolute Gasteiger partial charge is 0.460 e. The Labute approximate surface area is 227 Å². The molecule has 1 aromatic carbocycles. The molecule has 38 heavy (non-hydrogen) atoms. The fourth-order valence-electron chi connectivity index (χ4n) is 5.03. The summed E-state index contributed by atoms with van der Waals surface area (Å²) in [6.07, 6.45) is 9.83. The standard InChI is InChI=1S/C29H46N8O/c1-21(2)25-20-32-37-27(25)33-29(38-24-13-16-36(5)17-14-24)34-28(37)31-19-23-12-11-22(18-26(23)35(3)4)10-8-6-7-9-15-30/h11-12,18,20-21,24H,6-10,13-17,19,30H2,1-5H3,(H,31,33,34). The number of ether oxygens (including phenoxy) is 1. The highest BCUT2D eigenvalue weighted by Crippen LogP contribution is 2.26. The molecule has 1 aliphatic heterocycles. The molecule has 4 rings (SSSR count). The van der Waals surface area contributed by atoms with Crippen molar-refractivity contribution in [3.05, 3.63) is 41.1 Å². The van der Waals surface area contributed by atoms with E-state index in [4.69, 9.17) is 20.4 Å². The molecule has 0 bridgehead atoms. The molecule has 1 aliphatic rings. The fourth-order valence-corrected chi connectivity index (χ4v) is 5.03. The number of benzene rings is 1. The van der Waals surface area contributed by atoms with Crippen molar-refractivity contribution in [1.29, 1.82) is 0 Å². The van der Waals surface area contributed by atoms with E-state index in [-0.39, 0.29) is 6.10 Å². The van der Waals surface area contributed by atoms with Gasteiger partial charge in [-0.3, -0.25) is 0 Å². The number of piperidine rings is 1. The van der Waals surface area contributed by atoms with Crippen LogP contribution in [0.1, 0.15) is 75.0 Å². The van der Waals surface area contributed by atoms with E-state index in [1.807, 2.05) is 10.7 Å². The Kier molecular flexibility index (Phi) is 9.80. The number of rotatable bonds is 13. The average molecular weight is 523 g/mol. The molecule has 0 aliphatic carbocycles. The number of unbranched alkanes of at least 4 members (excludes halogenated alkanes) is 3. The number of nitrogens with two attached hydrogens (primary N) is 1. The first-order chi connectivity index (χ1) is 18.4. The highest BCUT2D eigenvalue weighted by molar-refractivity contribution is 5.57. The summed E-state index contributed by atoms with van der Waals surface area (Å²) in [5, 5.41) is 8.17. The van der Waals surface area contributed by atoms with Crippen LogP contribution in [0.3, 0.4) is 0 Å². The molecular formula is C29H46N8O. The summed E-state index contributed by atoms with van der Waals surface area (Å²) < 4.78 is 8.11. The van der Waals surface area contributed by atoms with Gasteiger partial charge in [0.25, 0.3) is 0 Å². The highest BCUT2D eigenvalue weighted by Gasteiger charge is 2.22. The van der Waals surface area contributed by atoms with Gasteiger partial charge in [0, 0.05) is 45.0 Å². The third kappa shape index (κ3) is 7.14. The minimum absolute atomic E-state index is 0.134. The van der Waals surface area contributed by atoms with Crippen molar-refractivity contribution in [2.24, 2.45) is 5.73 Å². The van der Waals surface area contributed by atoms with Crippen LogP contribution in [0.25, 0.3) is 5.65 Å². The van der Waals surface area contributed by atoms with Gasteiger partial charge >= 0.3 is 6.01 Å². The van der Waals surface area contributed by atoms with E-state index in [0.717, 1.165) is 56.5 Å². The Balaban J connectivity index is 1.53. The first-order valence-electron chi connectivity index (χ1n) is 14.2. The molecule has 9 heteroatoms. The topological polar surface area (TPSA) is 96.8 Å². The molecule has 0 unspecified atom stereocenters. The summed E-state index contributed by atoms with van der Waals surface area (Å²) in [5.74, 6) is 0.952. The van der Waals surface area contributed by atoms with E-state index in [9.17, 15) is 0 Å². The number of fused-ring (bicyclic) bond motifs is 1. The lowest BCUT2D eigenvalue weighted by atomic mass is 10.0. The minimum atomic E-state index is 0.134. The normalized spacial score (nSPS) is 14.9. The number of aromatic nitrogens is 4. The maximum atomic E-state index is 6.30. The second-order valence-electron chi connectivity index (χ2n) is 11.1. The molecule has 1 saturated heterocycles. The Bertz CT molecular complexity index is 1170. The summed E-state index contributed by atoms with van der Waals surface area (Å²) in [7, 11) is 6.35. The third-order valence-corrected chi connectivity index (χ3v) is 7.42. The van der Waals surface area contributed by atoms with Crippen LogP contribution in [0, 0.1) is 0 Å². The van der Waals surface area contributed by atoms with E-state index in [2.05, 4.69) is 73.4 Å². The van der Waals surface area contributed by atoms with E-state index in [1.54, 1.807) is 0 Å². The van der Waals surface area contributed by atoms with Crippen LogP contribution in [-0.2, 0) is 13.0 Å². The van der Waals surface area contributed by atoms with Gasteiger partial charge < -0.3 is 25.6 Å². The molecule has 0 saturated carbocycles. The van der Waals surface area contributed by atoms with Crippen molar-refractivity contribution in [3.63, 3.8) is 0 Å². The maximum Gasteiger partial charge on any atom is 0.322 e. The molecule has 2 aromatic heterocycles. The monoisotopic (exact) mass is 522 g/mol. The summed E-state index contributed by atoms with van der Waals surface area (Å²) in [6, 6.07) is 7.22. The second kappa shape index (κ2) is 13.2. The van der Waals surface area contributed by atoms with Gasteiger partial charge in [-0.15, -0.1) is 0 Å². The van der Waals surface area contributed by atoms with E-state index < -0.39 is 0 Å². The molecule has 0 radical (unpaired) electrons. The fraction of sp³-hybridized carbons (Fsp3) is 0.621. The van der Waals surface area contributed by atoms with E-state index in [0.29, 0.717) is 24.4 Å². The summed E-state index contributed by atoms with van der Waals surface area (Å²) >= 11 is 0. The quantitative estimate of drug-likeness (QED) is 0.318. The molecule has 9 nitrogen and oxygen atoms in total. The number of hydrogen-bond donors (Lipinski definition) is 2. The Hall–Kier alpha value is -2.91. The van der Waals surface area contributed by atoms with Gasteiger partial charge in [0.1, 0.15) is 6.10 Å². The molecule has 0 spiro atoms. The number of aryl methyl sites for hydroxylation is 1. The zero-order valence-electron chi connectivity index (χ0n) is 23.9. The SMILES string of the molecule is CC(C)c1cnn2c(NCc3ccc(CCCCCCN)cc3N(C)C)nc(OC3CCN(C)CC3)nc12. The summed E-state index contributed by atoms with van der Waals surface area (Å²) in [5.41, 5.74) is 11.3. The van der Waals surface area contributed by atoms with Crippen LogP contribution < -0.4 is 20.7 Å².